The molecule has 0 saturated heterocycles. The van der Waals surface area contributed by atoms with Crippen molar-refractivity contribution in [2.75, 3.05) is 13.7 Å². The summed E-state index contributed by atoms with van der Waals surface area (Å²) in [7, 11) is 1.24. The minimum Gasteiger partial charge on any atom is -0.464 e. The Kier molecular flexibility index (Phi) is 6.82. The summed E-state index contributed by atoms with van der Waals surface area (Å²) in [5.74, 6) is -2.38. The number of ether oxygens (including phenoxy) is 1. The number of H-pyrrole nitrogens is 1. The monoisotopic (exact) mass is 440 g/mol. The number of rotatable bonds is 7. The number of carbonyl (C=O) groups is 3. The van der Waals surface area contributed by atoms with Crippen LogP contribution in [-0.4, -0.2) is 41.2 Å². The van der Waals surface area contributed by atoms with Crippen LogP contribution in [0.3, 0.4) is 0 Å². The van der Waals surface area contributed by atoms with E-state index in [4.69, 9.17) is 4.74 Å². The lowest BCUT2D eigenvalue weighted by Crippen LogP contribution is -2.35. The van der Waals surface area contributed by atoms with Crippen LogP contribution < -0.4 is 0 Å². The molecule has 0 aliphatic heterocycles. The van der Waals surface area contributed by atoms with E-state index in [-0.39, 0.29) is 30.1 Å². The van der Waals surface area contributed by atoms with Gasteiger partial charge < -0.3 is 14.6 Å². The molecule has 6 nitrogen and oxygen atoms in total. The average Bonchev–Trinajstić information content (AvgIpc) is 3.08. The number of halogens is 2. The first-order valence-corrected chi connectivity index (χ1v) is 9.81. The van der Waals surface area contributed by atoms with Gasteiger partial charge in [-0.05, 0) is 61.4 Å². The minimum atomic E-state index is -0.602. The molecular formula is C24H22F2N2O4. The van der Waals surface area contributed by atoms with Gasteiger partial charge in [0.25, 0.3) is 5.91 Å². The fraction of sp³-hybridized carbons (Fsp3) is 0.208. The van der Waals surface area contributed by atoms with E-state index in [0.717, 1.165) is 12.1 Å². The molecule has 0 fully saturated rings. The van der Waals surface area contributed by atoms with Crippen molar-refractivity contribution in [2.24, 2.45) is 0 Å². The van der Waals surface area contributed by atoms with Crippen LogP contribution in [0.4, 0.5) is 8.78 Å². The summed E-state index contributed by atoms with van der Waals surface area (Å²) in [4.78, 5) is 42.4. The Bertz CT molecular complexity index is 1150. The second kappa shape index (κ2) is 9.55. The van der Waals surface area contributed by atoms with Gasteiger partial charge >= 0.3 is 5.97 Å². The molecule has 0 spiro atoms. The molecule has 8 heteroatoms. The average molecular weight is 440 g/mol. The Labute approximate surface area is 183 Å². The number of Topliss-reactive ketones (excluding diaryl/α,β-unsaturated/α-hetero) is 1. The zero-order chi connectivity index (χ0) is 23.4. The Morgan fingerprint density at radius 1 is 0.938 bits per heavy atom. The second-order valence-electron chi connectivity index (χ2n) is 7.33. The number of aromatic amines is 1. The standard InChI is InChI=1S/C24H22F2N2O4/c1-14-21(15(2)27-22(14)24(31)32-3)20(29)13-28(12-16-4-8-18(25)9-5-16)23(30)17-6-10-19(26)11-7-17/h4-11,27H,12-13H2,1-3H3. The van der Waals surface area contributed by atoms with Gasteiger partial charge in [0, 0.05) is 23.4 Å². The Hall–Kier alpha value is -3.81. The summed E-state index contributed by atoms with van der Waals surface area (Å²) < 4.78 is 31.3. The van der Waals surface area contributed by atoms with Gasteiger partial charge in [0.15, 0.2) is 5.78 Å². The molecule has 2 aromatic carbocycles. The molecule has 0 saturated carbocycles. The van der Waals surface area contributed by atoms with Crippen LogP contribution in [-0.2, 0) is 11.3 Å². The summed E-state index contributed by atoms with van der Waals surface area (Å²) in [6.07, 6.45) is 0. The van der Waals surface area contributed by atoms with E-state index in [0.29, 0.717) is 22.4 Å². The lowest BCUT2D eigenvalue weighted by molar-refractivity contribution is 0.0593. The number of benzene rings is 2. The van der Waals surface area contributed by atoms with Gasteiger partial charge in [-0.2, -0.15) is 0 Å². The smallest absolute Gasteiger partial charge is 0.354 e. The molecule has 0 aliphatic carbocycles. The zero-order valence-corrected chi connectivity index (χ0v) is 17.9. The number of aryl methyl sites for hydroxylation is 1. The fourth-order valence-corrected chi connectivity index (χ4v) is 3.51. The van der Waals surface area contributed by atoms with Crippen LogP contribution in [0.25, 0.3) is 0 Å². The molecule has 3 aromatic rings. The fourth-order valence-electron chi connectivity index (χ4n) is 3.51. The highest BCUT2D eigenvalue weighted by Gasteiger charge is 2.26. The van der Waals surface area contributed by atoms with E-state index in [1.807, 2.05) is 0 Å². The molecule has 0 bridgehead atoms. The largest absolute Gasteiger partial charge is 0.464 e. The van der Waals surface area contributed by atoms with E-state index in [9.17, 15) is 23.2 Å². The van der Waals surface area contributed by atoms with E-state index in [1.54, 1.807) is 13.8 Å². The van der Waals surface area contributed by atoms with Crippen LogP contribution in [0, 0.1) is 25.5 Å². The second-order valence-corrected chi connectivity index (χ2v) is 7.33. The number of methoxy groups -OCH3 is 1. The number of esters is 1. The predicted molar refractivity (Wildman–Crippen MR) is 113 cm³/mol. The lowest BCUT2D eigenvalue weighted by Gasteiger charge is -2.22. The molecule has 1 N–H and O–H groups in total. The van der Waals surface area contributed by atoms with Gasteiger partial charge in [-0.1, -0.05) is 12.1 Å². The van der Waals surface area contributed by atoms with Crippen molar-refractivity contribution in [3.05, 3.63) is 93.8 Å². The number of hydrogen-bond donors (Lipinski definition) is 1. The number of amides is 1. The lowest BCUT2D eigenvalue weighted by atomic mass is 10.0. The number of carbonyl (C=O) groups excluding carboxylic acids is 3. The third-order valence-corrected chi connectivity index (χ3v) is 5.11. The topological polar surface area (TPSA) is 79.5 Å². The van der Waals surface area contributed by atoms with Crippen molar-refractivity contribution < 1.29 is 27.9 Å². The highest BCUT2D eigenvalue weighted by Crippen LogP contribution is 2.21. The van der Waals surface area contributed by atoms with Gasteiger partial charge in [0.2, 0.25) is 0 Å². The maximum atomic E-state index is 13.3. The Morgan fingerprint density at radius 2 is 1.50 bits per heavy atom. The maximum absolute atomic E-state index is 13.3. The zero-order valence-electron chi connectivity index (χ0n) is 17.9. The van der Waals surface area contributed by atoms with Crippen LogP contribution in [0.1, 0.15) is 48.0 Å². The van der Waals surface area contributed by atoms with Crippen LogP contribution in [0.15, 0.2) is 48.5 Å². The molecule has 1 aromatic heterocycles. The number of nitrogens with zero attached hydrogens (tertiary/aromatic N) is 1. The third kappa shape index (κ3) is 4.91. The molecule has 0 radical (unpaired) electrons. The van der Waals surface area contributed by atoms with Crippen molar-refractivity contribution in [1.29, 1.82) is 0 Å². The normalized spacial score (nSPS) is 10.7. The molecule has 0 atom stereocenters. The van der Waals surface area contributed by atoms with Gasteiger partial charge in [-0.15, -0.1) is 0 Å². The van der Waals surface area contributed by atoms with Crippen molar-refractivity contribution in [3.8, 4) is 0 Å². The van der Waals surface area contributed by atoms with Crippen molar-refractivity contribution in [3.63, 3.8) is 0 Å². The summed E-state index contributed by atoms with van der Waals surface area (Å²) >= 11 is 0. The molecule has 0 aliphatic rings. The van der Waals surface area contributed by atoms with Crippen LogP contribution in [0.2, 0.25) is 0 Å². The number of aromatic nitrogens is 1. The molecule has 166 valence electrons. The highest BCUT2D eigenvalue weighted by atomic mass is 19.1. The van der Waals surface area contributed by atoms with E-state index < -0.39 is 23.5 Å². The first-order chi connectivity index (χ1) is 15.2. The minimum absolute atomic E-state index is 0.0363. The van der Waals surface area contributed by atoms with Crippen LogP contribution >= 0.6 is 0 Å². The third-order valence-electron chi connectivity index (χ3n) is 5.11. The quantitative estimate of drug-likeness (QED) is 0.441. The summed E-state index contributed by atoms with van der Waals surface area (Å²) in [5.41, 5.74) is 2.19. The first kappa shape index (κ1) is 22.9. The molecule has 0 unspecified atom stereocenters. The van der Waals surface area contributed by atoms with Gasteiger partial charge in [-0.3, -0.25) is 9.59 Å². The molecule has 1 amide bonds. The summed E-state index contributed by atoms with van der Waals surface area (Å²) in [6, 6.07) is 10.6. The number of ketones is 1. The van der Waals surface area contributed by atoms with E-state index >= 15 is 0 Å². The predicted octanol–water partition coefficient (Wildman–Crippen LogP) is 4.22. The first-order valence-electron chi connectivity index (χ1n) is 9.81. The molecular weight excluding hydrogens is 418 g/mol. The highest BCUT2D eigenvalue weighted by molar-refractivity contribution is 6.05. The van der Waals surface area contributed by atoms with Crippen molar-refractivity contribution >= 4 is 17.7 Å². The van der Waals surface area contributed by atoms with Crippen molar-refractivity contribution in [1.82, 2.24) is 9.88 Å². The SMILES string of the molecule is COC(=O)c1[nH]c(C)c(C(=O)CN(Cc2ccc(F)cc2)C(=O)c2ccc(F)cc2)c1C. The summed E-state index contributed by atoms with van der Waals surface area (Å²) in [6.45, 7) is 3.01. The number of nitrogens with one attached hydrogen (secondary N) is 1. The van der Waals surface area contributed by atoms with Gasteiger partial charge in [0.1, 0.15) is 17.3 Å². The number of hydrogen-bond acceptors (Lipinski definition) is 4. The van der Waals surface area contributed by atoms with Crippen LogP contribution in [0.5, 0.6) is 0 Å². The van der Waals surface area contributed by atoms with Gasteiger partial charge in [0.05, 0.1) is 13.7 Å². The van der Waals surface area contributed by atoms with Gasteiger partial charge in [-0.25, -0.2) is 13.6 Å². The molecule has 3 rings (SSSR count). The van der Waals surface area contributed by atoms with E-state index in [2.05, 4.69) is 4.98 Å². The molecule has 1 heterocycles. The van der Waals surface area contributed by atoms with Crippen molar-refractivity contribution in [2.45, 2.75) is 20.4 Å². The van der Waals surface area contributed by atoms with E-state index in [1.165, 1.54) is 48.4 Å². The maximum Gasteiger partial charge on any atom is 0.354 e. The Balaban J connectivity index is 1.93. The Morgan fingerprint density at radius 3 is 2.06 bits per heavy atom. The molecule has 32 heavy (non-hydrogen) atoms. The summed E-state index contributed by atoms with van der Waals surface area (Å²) in [5, 5.41) is 0.